The number of nitrogens with two attached hydrogens (primary N) is 1. The molecule has 2 rings (SSSR count). The van der Waals surface area contributed by atoms with Crippen LogP contribution in [0.2, 0.25) is 0 Å². The Morgan fingerprint density at radius 3 is 2.80 bits per heavy atom. The van der Waals surface area contributed by atoms with Gasteiger partial charge in [0.2, 0.25) is 0 Å². The van der Waals surface area contributed by atoms with Crippen LogP contribution in [0, 0.1) is 0 Å². The number of amides is 1. The molecule has 0 aromatic heterocycles. The molecule has 1 aromatic rings. The predicted molar refractivity (Wildman–Crippen MR) is 80.0 cm³/mol. The number of likely N-dealkylation sites (tertiary alicyclic amines) is 1. The molecule has 0 aliphatic carbocycles. The fraction of sp³-hybridized carbons (Fsp3) is 0.533. The van der Waals surface area contributed by atoms with Crippen LogP contribution in [0.15, 0.2) is 18.2 Å². The Kier molecular flexibility index (Phi) is 4.84. The van der Waals surface area contributed by atoms with Gasteiger partial charge in [0.25, 0.3) is 5.91 Å². The Morgan fingerprint density at radius 1 is 1.45 bits per heavy atom. The summed E-state index contributed by atoms with van der Waals surface area (Å²) in [6, 6.07) is 5.42. The summed E-state index contributed by atoms with van der Waals surface area (Å²) in [6.07, 6.45) is 1.99. The maximum absolute atomic E-state index is 12.2. The Hall–Kier alpha value is -1.75. The van der Waals surface area contributed by atoms with Crippen LogP contribution < -0.4 is 15.8 Å². The van der Waals surface area contributed by atoms with E-state index in [1.807, 2.05) is 6.92 Å². The number of hydrogen-bond donors (Lipinski definition) is 2. The van der Waals surface area contributed by atoms with Gasteiger partial charge in [0, 0.05) is 11.6 Å². The summed E-state index contributed by atoms with van der Waals surface area (Å²) in [5.41, 5.74) is 6.97. The zero-order chi connectivity index (χ0) is 14.5. The van der Waals surface area contributed by atoms with Crippen molar-refractivity contribution in [2.45, 2.75) is 25.8 Å². The third-order valence-corrected chi connectivity index (χ3v) is 3.63. The molecule has 5 nitrogen and oxygen atoms in total. The third kappa shape index (κ3) is 3.63. The first kappa shape index (κ1) is 14.7. The Labute approximate surface area is 120 Å². The lowest BCUT2D eigenvalue weighted by Crippen LogP contribution is -2.43. The number of ether oxygens (including phenoxy) is 1. The second kappa shape index (κ2) is 6.61. The summed E-state index contributed by atoms with van der Waals surface area (Å²) in [5.74, 6) is 0.518. The maximum Gasteiger partial charge on any atom is 0.251 e. The zero-order valence-electron chi connectivity index (χ0n) is 12.2. The Morgan fingerprint density at radius 2 is 2.15 bits per heavy atom. The van der Waals surface area contributed by atoms with E-state index < -0.39 is 0 Å². The summed E-state index contributed by atoms with van der Waals surface area (Å²) in [4.78, 5) is 14.5. The van der Waals surface area contributed by atoms with Crippen molar-refractivity contribution in [1.82, 2.24) is 10.2 Å². The summed E-state index contributed by atoms with van der Waals surface area (Å²) < 4.78 is 5.42. The number of nitrogens with one attached hydrogen (secondary N) is 1. The van der Waals surface area contributed by atoms with Crippen molar-refractivity contribution in [2.75, 3.05) is 32.5 Å². The third-order valence-electron chi connectivity index (χ3n) is 3.63. The minimum Gasteiger partial charge on any atom is -0.492 e. The van der Waals surface area contributed by atoms with E-state index in [0.29, 0.717) is 23.6 Å². The Balaban J connectivity index is 2.00. The predicted octanol–water partition coefficient (Wildman–Crippen LogP) is 1.49. The van der Waals surface area contributed by atoms with Crippen molar-refractivity contribution in [1.29, 1.82) is 0 Å². The van der Waals surface area contributed by atoms with Gasteiger partial charge in [0.1, 0.15) is 5.75 Å². The largest absolute Gasteiger partial charge is 0.492 e. The summed E-state index contributed by atoms with van der Waals surface area (Å²) in [5, 5.41) is 3.08. The van der Waals surface area contributed by atoms with E-state index in [9.17, 15) is 4.79 Å². The molecule has 0 atom stereocenters. The van der Waals surface area contributed by atoms with Gasteiger partial charge in [-0.2, -0.15) is 0 Å². The second-order valence-corrected chi connectivity index (χ2v) is 5.24. The number of carbonyl (C=O) groups is 1. The Bertz CT molecular complexity index is 468. The summed E-state index contributed by atoms with van der Waals surface area (Å²) >= 11 is 0. The van der Waals surface area contributed by atoms with E-state index in [0.717, 1.165) is 25.9 Å². The van der Waals surface area contributed by atoms with Crippen LogP contribution in [-0.2, 0) is 0 Å². The first-order chi connectivity index (χ1) is 9.60. The molecule has 0 unspecified atom stereocenters. The normalized spacial score (nSPS) is 16.9. The van der Waals surface area contributed by atoms with Crippen LogP contribution in [0.5, 0.6) is 5.75 Å². The molecule has 0 radical (unpaired) electrons. The lowest BCUT2D eigenvalue weighted by Gasteiger charge is -2.29. The van der Waals surface area contributed by atoms with Crippen molar-refractivity contribution in [3.8, 4) is 5.75 Å². The minimum atomic E-state index is -0.0551. The zero-order valence-corrected chi connectivity index (χ0v) is 12.2. The van der Waals surface area contributed by atoms with Crippen LogP contribution in [0.1, 0.15) is 30.1 Å². The molecule has 1 saturated heterocycles. The molecule has 20 heavy (non-hydrogen) atoms. The fourth-order valence-corrected chi connectivity index (χ4v) is 2.38. The van der Waals surface area contributed by atoms with Crippen LogP contribution in [0.25, 0.3) is 0 Å². The fourth-order valence-electron chi connectivity index (χ4n) is 2.38. The molecule has 1 aliphatic rings. The maximum atomic E-state index is 12.2. The molecule has 1 fully saturated rings. The van der Waals surface area contributed by atoms with Gasteiger partial charge >= 0.3 is 0 Å². The van der Waals surface area contributed by atoms with Gasteiger partial charge in [-0.25, -0.2) is 0 Å². The number of benzene rings is 1. The van der Waals surface area contributed by atoms with Gasteiger partial charge in [-0.3, -0.25) is 4.79 Å². The molecule has 0 bridgehead atoms. The summed E-state index contributed by atoms with van der Waals surface area (Å²) in [6.45, 7) is 4.47. The van der Waals surface area contributed by atoms with Crippen molar-refractivity contribution in [3.05, 3.63) is 23.8 Å². The van der Waals surface area contributed by atoms with E-state index in [-0.39, 0.29) is 11.9 Å². The molecule has 110 valence electrons. The first-order valence-electron chi connectivity index (χ1n) is 7.12. The number of carbonyl (C=O) groups excluding carboxylic acids is 1. The van der Waals surface area contributed by atoms with Crippen molar-refractivity contribution >= 4 is 11.6 Å². The number of rotatable bonds is 4. The highest BCUT2D eigenvalue weighted by Gasteiger charge is 2.19. The van der Waals surface area contributed by atoms with Gasteiger partial charge in [-0.15, -0.1) is 0 Å². The monoisotopic (exact) mass is 277 g/mol. The van der Waals surface area contributed by atoms with Crippen LogP contribution >= 0.6 is 0 Å². The highest BCUT2D eigenvalue weighted by Crippen LogP contribution is 2.23. The van der Waals surface area contributed by atoms with Crippen molar-refractivity contribution < 1.29 is 9.53 Å². The number of nitrogen functional groups attached to an aromatic ring is 1. The van der Waals surface area contributed by atoms with Gasteiger partial charge in [-0.1, -0.05) is 0 Å². The molecule has 1 aromatic carbocycles. The van der Waals surface area contributed by atoms with Gasteiger partial charge in [-0.05, 0) is 58.1 Å². The van der Waals surface area contributed by atoms with E-state index in [1.165, 1.54) is 0 Å². The number of nitrogens with zero attached hydrogens (tertiary/aromatic N) is 1. The van der Waals surface area contributed by atoms with Crippen molar-refractivity contribution in [3.63, 3.8) is 0 Å². The van der Waals surface area contributed by atoms with Crippen LogP contribution in [0.3, 0.4) is 0 Å². The molecule has 0 saturated carbocycles. The van der Waals surface area contributed by atoms with Gasteiger partial charge in [0.05, 0.1) is 12.3 Å². The lowest BCUT2D eigenvalue weighted by atomic mass is 10.0. The first-order valence-corrected chi connectivity index (χ1v) is 7.12. The van der Waals surface area contributed by atoms with Crippen LogP contribution in [0.4, 0.5) is 5.69 Å². The quantitative estimate of drug-likeness (QED) is 0.818. The average molecular weight is 277 g/mol. The second-order valence-electron chi connectivity index (χ2n) is 5.24. The van der Waals surface area contributed by atoms with Crippen molar-refractivity contribution in [2.24, 2.45) is 0 Å². The molecular formula is C15H23N3O2. The van der Waals surface area contributed by atoms with E-state index in [2.05, 4.69) is 17.3 Å². The topological polar surface area (TPSA) is 67.6 Å². The molecule has 3 N–H and O–H groups in total. The van der Waals surface area contributed by atoms with Gasteiger partial charge in [0.15, 0.2) is 0 Å². The lowest BCUT2D eigenvalue weighted by molar-refractivity contribution is 0.0916. The molecule has 1 heterocycles. The van der Waals surface area contributed by atoms with Gasteiger partial charge < -0.3 is 20.7 Å². The number of anilines is 1. The standard InChI is InChI=1S/C15H23N3O2/c1-3-20-14-10-11(4-5-13(14)16)15(19)17-12-6-8-18(2)9-7-12/h4-5,10,12H,3,6-9,16H2,1-2H3,(H,17,19). The molecule has 1 aliphatic heterocycles. The average Bonchev–Trinajstić information content (AvgIpc) is 2.44. The smallest absolute Gasteiger partial charge is 0.251 e. The van der Waals surface area contributed by atoms with Crippen LogP contribution in [-0.4, -0.2) is 43.6 Å². The van der Waals surface area contributed by atoms with E-state index >= 15 is 0 Å². The molecule has 1 amide bonds. The number of piperidine rings is 1. The molecule has 0 spiro atoms. The number of hydrogen-bond acceptors (Lipinski definition) is 4. The van der Waals surface area contributed by atoms with E-state index in [4.69, 9.17) is 10.5 Å². The molecular weight excluding hydrogens is 254 g/mol. The summed E-state index contributed by atoms with van der Waals surface area (Å²) in [7, 11) is 2.10. The minimum absolute atomic E-state index is 0.0551. The molecule has 5 heteroatoms. The highest BCUT2D eigenvalue weighted by atomic mass is 16.5. The highest BCUT2D eigenvalue weighted by molar-refractivity contribution is 5.95. The van der Waals surface area contributed by atoms with E-state index in [1.54, 1.807) is 18.2 Å². The SMILES string of the molecule is CCOc1cc(C(=O)NC2CCN(C)CC2)ccc1N.